The zero-order valence-electron chi connectivity index (χ0n) is 20.0. The van der Waals surface area contributed by atoms with Gasteiger partial charge < -0.3 is 10.2 Å². The van der Waals surface area contributed by atoms with Crippen LogP contribution in [0.2, 0.25) is 0 Å². The Morgan fingerprint density at radius 3 is 2.09 bits per heavy atom. The number of carbonyl (C=O) groups is 2. The topological polar surface area (TPSA) is 86.8 Å². The number of rotatable bonds is 4. The average Bonchev–Trinajstić information content (AvgIpc) is 2.73. The molecule has 0 unspecified atom stereocenters. The van der Waals surface area contributed by atoms with Crippen molar-refractivity contribution in [2.75, 3.05) is 26.2 Å². The molecule has 1 N–H and O–H groups in total. The summed E-state index contributed by atoms with van der Waals surface area (Å²) in [7, 11) is -3.55. The fourth-order valence-electron chi connectivity index (χ4n) is 4.61. The molecular formula is C24H37N3O4S. The number of nitrogens with one attached hydrogen (secondary N) is 1. The zero-order chi connectivity index (χ0) is 23.7. The molecule has 0 atom stereocenters. The Morgan fingerprint density at radius 2 is 1.56 bits per heavy atom. The first-order valence-corrected chi connectivity index (χ1v) is 13.0. The third-order valence-electron chi connectivity index (χ3n) is 6.54. The minimum atomic E-state index is -3.55. The van der Waals surface area contributed by atoms with Crippen molar-refractivity contribution in [1.29, 1.82) is 0 Å². The van der Waals surface area contributed by atoms with Crippen LogP contribution in [0, 0.1) is 25.2 Å². The molecule has 178 valence electrons. The molecule has 0 aliphatic carbocycles. The maximum Gasteiger partial charge on any atom is 0.243 e. The van der Waals surface area contributed by atoms with E-state index in [0.29, 0.717) is 43.9 Å². The molecule has 0 radical (unpaired) electrons. The van der Waals surface area contributed by atoms with Crippen molar-refractivity contribution in [3.8, 4) is 0 Å². The van der Waals surface area contributed by atoms with Gasteiger partial charge in [-0.25, -0.2) is 8.42 Å². The summed E-state index contributed by atoms with van der Waals surface area (Å²) in [6.07, 6.45) is 2.57. The lowest BCUT2D eigenvalue weighted by atomic mass is 9.92. The highest BCUT2D eigenvalue weighted by molar-refractivity contribution is 7.89. The SMILES string of the molecule is Cc1ccc(S(=O)(=O)N2CCC(C(=O)NC3CCN(C(=O)C(C)(C)C)CC3)CC2)c(C)c1. The second kappa shape index (κ2) is 9.51. The Bertz CT molecular complexity index is 952. The smallest absolute Gasteiger partial charge is 0.243 e. The molecule has 0 aromatic heterocycles. The van der Waals surface area contributed by atoms with E-state index in [1.54, 1.807) is 6.07 Å². The van der Waals surface area contributed by atoms with Gasteiger partial charge in [-0.1, -0.05) is 38.5 Å². The van der Waals surface area contributed by atoms with Crippen LogP contribution in [0.1, 0.15) is 57.6 Å². The van der Waals surface area contributed by atoms with Gasteiger partial charge in [0.25, 0.3) is 0 Å². The van der Waals surface area contributed by atoms with E-state index in [9.17, 15) is 18.0 Å². The van der Waals surface area contributed by atoms with Crippen molar-refractivity contribution >= 4 is 21.8 Å². The molecular weight excluding hydrogens is 426 g/mol. The van der Waals surface area contributed by atoms with Crippen LogP contribution in [-0.2, 0) is 19.6 Å². The zero-order valence-corrected chi connectivity index (χ0v) is 20.8. The second-order valence-corrected chi connectivity index (χ2v) is 12.2. The number of amides is 2. The van der Waals surface area contributed by atoms with E-state index in [4.69, 9.17) is 0 Å². The van der Waals surface area contributed by atoms with E-state index in [-0.39, 0.29) is 29.2 Å². The van der Waals surface area contributed by atoms with Gasteiger partial charge in [-0.15, -0.1) is 0 Å². The van der Waals surface area contributed by atoms with Crippen molar-refractivity contribution in [1.82, 2.24) is 14.5 Å². The first-order valence-electron chi connectivity index (χ1n) is 11.6. The van der Waals surface area contributed by atoms with Crippen molar-refractivity contribution in [3.05, 3.63) is 29.3 Å². The molecule has 2 aliphatic rings. The van der Waals surface area contributed by atoms with E-state index in [2.05, 4.69) is 5.32 Å². The number of hydrogen-bond donors (Lipinski definition) is 1. The highest BCUT2D eigenvalue weighted by Crippen LogP contribution is 2.27. The van der Waals surface area contributed by atoms with Gasteiger partial charge in [0.1, 0.15) is 0 Å². The van der Waals surface area contributed by atoms with Crippen LogP contribution in [0.5, 0.6) is 0 Å². The summed E-state index contributed by atoms with van der Waals surface area (Å²) in [5, 5.41) is 3.14. The number of aryl methyl sites for hydroxylation is 2. The lowest BCUT2D eigenvalue weighted by Gasteiger charge is -2.37. The molecule has 0 spiro atoms. The van der Waals surface area contributed by atoms with Gasteiger partial charge in [-0.3, -0.25) is 9.59 Å². The Labute approximate surface area is 192 Å². The Morgan fingerprint density at radius 1 is 0.969 bits per heavy atom. The average molecular weight is 464 g/mol. The molecule has 32 heavy (non-hydrogen) atoms. The van der Waals surface area contributed by atoms with Crippen molar-refractivity contribution in [2.24, 2.45) is 11.3 Å². The highest BCUT2D eigenvalue weighted by Gasteiger charge is 2.35. The van der Waals surface area contributed by atoms with Gasteiger partial charge in [-0.05, 0) is 51.2 Å². The molecule has 0 bridgehead atoms. The van der Waals surface area contributed by atoms with Gasteiger partial charge in [0.05, 0.1) is 4.90 Å². The van der Waals surface area contributed by atoms with E-state index in [1.807, 2.05) is 51.7 Å². The van der Waals surface area contributed by atoms with Gasteiger partial charge in [0.15, 0.2) is 0 Å². The minimum Gasteiger partial charge on any atom is -0.353 e. The summed E-state index contributed by atoms with van der Waals surface area (Å²) in [6, 6.07) is 5.45. The molecule has 0 saturated carbocycles. The second-order valence-electron chi connectivity index (χ2n) is 10.3. The third-order valence-corrected chi connectivity index (χ3v) is 8.60. The fourth-order valence-corrected chi connectivity index (χ4v) is 6.28. The minimum absolute atomic E-state index is 0.00848. The fraction of sp³-hybridized carbons (Fsp3) is 0.667. The highest BCUT2D eigenvalue weighted by atomic mass is 32.2. The number of nitrogens with zero attached hydrogens (tertiary/aromatic N) is 2. The Kier molecular flexibility index (Phi) is 7.34. The normalized spacial score (nSPS) is 19.7. The maximum atomic E-state index is 13.1. The first-order chi connectivity index (χ1) is 14.9. The maximum absolute atomic E-state index is 13.1. The summed E-state index contributed by atoms with van der Waals surface area (Å²) in [5.74, 6) is -0.0105. The number of hydrogen-bond acceptors (Lipinski definition) is 4. The summed E-state index contributed by atoms with van der Waals surface area (Å²) in [4.78, 5) is 27.5. The molecule has 2 heterocycles. The van der Waals surface area contributed by atoms with Crippen molar-refractivity contribution in [2.45, 2.75) is 71.2 Å². The molecule has 2 amide bonds. The number of carbonyl (C=O) groups excluding carboxylic acids is 2. The van der Waals surface area contributed by atoms with Gasteiger partial charge in [0, 0.05) is 43.6 Å². The summed E-state index contributed by atoms with van der Waals surface area (Å²) < 4.78 is 27.6. The molecule has 7 nitrogen and oxygen atoms in total. The molecule has 2 saturated heterocycles. The molecule has 1 aromatic carbocycles. The Balaban J connectivity index is 1.50. The predicted molar refractivity (Wildman–Crippen MR) is 125 cm³/mol. The number of likely N-dealkylation sites (tertiary alicyclic amines) is 1. The van der Waals surface area contributed by atoms with Crippen LogP contribution >= 0.6 is 0 Å². The van der Waals surface area contributed by atoms with Crippen LogP contribution < -0.4 is 5.32 Å². The largest absolute Gasteiger partial charge is 0.353 e. The quantitative estimate of drug-likeness (QED) is 0.744. The van der Waals surface area contributed by atoms with Gasteiger partial charge in [-0.2, -0.15) is 4.31 Å². The molecule has 8 heteroatoms. The molecule has 1 aromatic rings. The monoisotopic (exact) mass is 463 g/mol. The van der Waals surface area contributed by atoms with Crippen LogP contribution in [-0.4, -0.2) is 61.7 Å². The Hall–Kier alpha value is -1.93. The molecule has 2 aliphatic heterocycles. The summed E-state index contributed by atoms with van der Waals surface area (Å²) in [6.45, 7) is 11.6. The lowest BCUT2D eigenvalue weighted by molar-refractivity contribution is -0.140. The van der Waals surface area contributed by atoms with Gasteiger partial charge in [0.2, 0.25) is 21.8 Å². The predicted octanol–water partition coefficient (Wildman–Crippen LogP) is 2.86. The lowest BCUT2D eigenvalue weighted by Crippen LogP contribution is -2.51. The van der Waals surface area contributed by atoms with E-state index in [0.717, 1.165) is 24.0 Å². The van der Waals surface area contributed by atoms with Crippen LogP contribution in [0.3, 0.4) is 0 Å². The molecule has 2 fully saturated rings. The first kappa shape index (κ1) is 24.7. The van der Waals surface area contributed by atoms with Crippen LogP contribution in [0.4, 0.5) is 0 Å². The summed E-state index contributed by atoms with van der Waals surface area (Å²) >= 11 is 0. The van der Waals surface area contributed by atoms with Crippen molar-refractivity contribution < 1.29 is 18.0 Å². The van der Waals surface area contributed by atoms with E-state index < -0.39 is 10.0 Å². The third kappa shape index (κ3) is 5.52. The van der Waals surface area contributed by atoms with Gasteiger partial charge >= 0.3 is 0 Å². The van der Waals surface area contributed by atoms with Crippen molar-refractivity contribution in [3.63, 3.8) is 0 Å². The van der Waals surface area contributed by atoms with E-state index >= 15 is 0 Å². The number of piperidine rings is 2. The van der Waals surface area contributed by atoms with Crippen LogP contribution in [0.15, 0.2) is 23.1 Å². The number of sulfonamides is 1. The number of benzene rings is 1. The summed E-state index contributed by atoms with van der Waals surface area (Å²) in [5.41, 5.74) is 1.40. The standard InChI is InChI=1S/C24H37N3O4S/c1-17-6-7-21(18(2)16-17)32(30,31)27-14-8-19(9-15-27)22(28)25-20-10-12-26(13-11-20)23(29)24(3,4)5/h6-7,16,19-20H,8-15H2,1-5H3,(H,25,28). The van der Waals surface area contributed by atoms with Crippen LogP contribution in [0.25, 0.3) is 0 Å². The molecule has 3 rings (SSSR count). The van der Waals surface area contributed by atoms with E-state index in [1.165, 1.54) is 4.31 Å².